The molecule has 0 heterocycles. The number of benzene rings is 1. The smallest absolute Gasteiger partial charge is 0.0715 e. The van der Waals surface area contributed by atoms with Gasteiger partial charge >= 0.3 is 0 Å². The summed E-state index contributed by atoms with van der Waals surface area (Å²) >= 11 is 0. The second-order valence-corrected chi connectivity index (χ2v) is 8.01. The van der Waals surface area contributed by atoms with Gasteiger partial charge in [-0.2, -0.15) is 0 Å². The molecule has 0 bridgehead atoms. The molecule has 0 amide bonds. The molecule has 3 unspecified atom stereocenters. The van der Waals surface area contributed by atoms with Gasteiger partial charge in [0.2, 0.25) is 0 Å². The van der Waals surface area contributed by atoms with Gasteiger partial charge in [0.05, 0.1) is 5.60 Å². The van der Waals surface area contributed by atoms with E-state index in [-0.39, 0.29) is 5.41 Å². The molecular formula is C19H30O. The van der Waals surface area contributed by atoms with Crippen molar-refractivity contribution >= 4 is 0 Å². The molecule has 0 aromatic heterocycles. The monoisotopic (exact) mass is 274 g/mol. The highest BCUT2D eigenvalue weighted by molar-refractivity contribution is 5.28. The summed E-state index contributed by atoms with van der Waals surface area (Å²) in [4.78, 5) is 0. The van der Waals surface area contributed by atoms with E-state index in [1.54, 1.807) is 0 Å². The Morgan fingerprint density at radius 2 is 1.70 bits per heavy atom. The molecule has 0 radical (unpaired) electrons. The van der Waals surface area contributed by atoms with Crippen LogP contribution < -0.4 is 0 Å². The minimum Gasteiger partial charge on any atom is -0.389 e. The molecule has 2 rings (SSSR count). The predicted octanol–water partition coefficient (Wildman–Crippen LogP) is 4.71. The van der Waals surface area contributed by atoms with Crippen molar-refractivity contribution in [3.63, 3.8) is 0 Å². The zero-order chi connectivity index (χ0) is 15.0. The van der Waals surface area contributed by atoms with Gasteiger partial charge in [0, 0.05) is 6.42 Å². The largest absolute Gasteiger partial charge is 0.389 e. The van der Waals surface area contributed by atoms with Gasteiger partial charge in [-0.05, 0) is 41.2 Å². The van der Waals surface area contributed by atoms with Gasteiger partial charge in [0.25, 0.3) is 0 Å². The third-order valence-electron chi connectivity index (χ3n) is 5.04. The van der Waals surface area contributed by atoms with Crippen molar-refractivity contribution < 1.29 is 5.11 Å². The lowest BCUT2D eigenvalue weighted by Crippen LogP contribution is -2.43. The Hall–Kier alpha value is -0.820. The van der Waals surface area contributed by atoms with Crippen molar-refractivity contribution in [1.82, 2.24) is 0 Å². The van der Waals surface area contributed by atoms with Gasteiger partial charge in [-0.15, -0.1) is 0 Å². The summed E-state index contributed by atoms with van der Waals surface area (Å²) < 4.78 is 0. The average molecular weight is 274 g/mol. The van der Waals surface area contributed by atoms with Crippen molar-refractivity contribution in [2.75, 3.05) is 0 Å². The van der Waals surface area contributed by atoms with Crippen LogP contribution in [0.15, 0.2) is 24.3 Å². The van der Waals surface area contributed by atoms with E-state index in [1.165, 1.54) is 17.5 Å². The van der Waals surface area contributed by atoms with Crippen LogP contribution in [0.1, 0.15) is 65.0 Å². The molecule has 1 aromatic rings. The van der Waals surface area contributed by atoms with Crippen molar-refractivity contribution in [1.29, 1.82) is 0 Å². The second kappa shape index (κ2) is 5.52. The molecule has 3 atom stereocenters. The molecule has 0 aliphatic heterocycles. The van der Waals surface area contributed by atoms with Gasteiger partial charge in [0.15, 0.2) is 0 Å². The number of hydrogen-bond acceptors (Lipinski definition) is 1. The van der Waals surface area contributed by atoms with E-state index >= 15 is 0 Å². The Morgan fingerprint density at radius 1 is 1.10 bits per heavy atom. The van der Waals surface area contributed by atoms with Crippen LogP contribution in [0.5, 0.6) is 0 Å². The fourth-order valence-corrected chi connectivity index (χ4v) is 3.43. The van der Waals surface area contributed by atoms with Gasteiger partial charge in [-0.3, -0.25) is 0 Å². The van der Waals surface area contributed by atoms with Gasteiger partial charge in [-0.1, -0.05) is 65.3 Å². The molecule has 1 fully saturated rings. The van der Waals surface area contributed by atoms with E-state index in [9.17, 15) is 5.11 Å². The van der Waals surface area contributed by atoms with Crippen LogP contribution in [0, 0.1) is 11.8 Å². The molecule has 0 saturated heterocycles. The zero-order valence-electron chi connectivity index (χ0n) is 13.7. The minimum atomic E-state index is -0.513. The van der Waals surface area contributed by atoms with Crippen molar-refractivity contribution in [3.8, 4) is 0 Å². The number of rotatable bonds is 2. The van der Waals surface area contributed by atoms with Crippen LogP contribution >= 0.6 is 0 Å². The maximum atomic E-state index is 11.0. The SMILES string of the molecule is CC1CCC(C)C(O)(Cc2ccc(C(C)(C)C)cc2)C1. The third-order valence-corrected chi connectivity index (χ3v) is 5.04. The fourth-order valence-electron chi connectivity index (χ4n) is 3.43. The second-order valence-electron chi connectivity index (χ2n) is 8.01. The molecule has 112 valence electrons. The normalized spacial score (nSPS) is 31.3. The summed E-state index contributed by atoms with van der Waals surface area (Å²) in [7, 11) is 0. The highest BCUT2D eigenvalue weighted by Gasteiger charge is 2.38. The molecule has 1 nitrogen and oxygen atoms in total. The van der Waals surface area contributed by atoms with E-state index in [2.05, 4.69) is 58.9 Å². The van der Waals surface area contributed by atoms with E-state index < -0.39 is 5.60 Å². The molecule has 20 heavy (non-hydrogen) atoms. The van der Waals surface area contributed by atoms with Gasteiger partial charge in [-0.25, -0.2) is 0 Å². The molecule has 1 N–H and O–H groups in total. The topological polar surface area (TPSA) is 20.2 Å². The first-order valence-electron chi connectivity index (χ1n) is 8.02. The Kier molecular flexibility index (Phi) is 4.30. The fraction of sp³-hybridized carbons (Fsp3) is 0.684. The highest BCUT2D eigenvalue weighted by atomic mass is 16.3. The minimum absolute atomic E-state index is 0.197. The molecule has 1 aliphatic carbocycles. The van der Waals surface area contributed by atoms with Crippen LogP contribution in [0.3, 0.4) is 0 Å². The van der Waals surface area contributed by atoms with Crippen LogP contribution in [0.2, 0.25) is 0 Å². The summed E-state index contributed by atoms with van der Waals surface area (Å²) in [6.07, 6.45) is 4.14. The van der Waals surface area contributed by atoms with Crippen LogP contribution in [0.25, 0.3) is 0 Å². The zero-order valence-corrected chi connectivity index (χ0v) is 13.7. The highest BCUT2D eigenvalue weighted by Crippen LogP contribution is 2.39. The predicted molar refractivity (Wildman–Crippen MR) is 86.0 cm³/mol. The first-order valence-corrected chi connectivity index (χ1v) is 8.02. The summed E-state index contributed by atoms with van der Waals surface area (Å²) in [6, 6.07) is 8.83. The summed E-state index contributed by atoms with van der Waals surface area (Å²) in [5.74, 6) is 1.05. The summed E-state index contributed by atoms with van der Waals surface area (Å²) in [5, 5.41) is 11.0. The maximum Gasteiger partial charge on any atom is 0.0715 e. The van der Waals surface area contributed by atoms with E-state index in [1.807, 2.05) is 0 Å². The Labute approximate surface area is 124 Å². The van der Waals surface area contributed by atoms with E-state index in [0.717, 1.165) is 19.3 Å². The number of hydrogen-bond donors (Lipinski definition) is 1. The molecule has 1 aliphatic rings. The summed E-state index contributed by atoms with van der Waals surface area (Å²) in [6.45, 7) is 11.2. The lowest BCUT2D eigenvalue weighted by molar-refractivity contribution is -0.0560. The molecule has 1 aromatic carbocycles. The van der Waals surface area contributed by atoms with Gasteiger partial charge in [0.1, 0.15) is 0 Å². The van der Waals surface area contributed by atoms with E-state index in [4.69, 9.17) is 0 Å². The van der Waals surface area contributed by atoms with Gasteiger partial charge < -0.3 is 5.11 Å². The maximum absolute atomic E-state index is 11.0. The van der Waals surface area contributed by atoms with Crippen molar-refractivity contribution in [2.45, 2.75) is 71.3 Å². The first kappa shape index (κ1) is 15.6. The molecular weight excluding hydrogens is 244 g/mol. The Balaban J connectivity index is 2.13. The Morgan fingerprint density at radius 3 is 2.25 bits per heavy atom. The van der Waals surface area contributed by atoms with Crippen molar-refractivity contribution in [2.24, 2.45) is 11.8 Å². The van der Waals surface area contributed by atoms with Crippen molar-refractivity contribution in [3.05, 3.63) is 35.4 Å². The average Bonchev–Trinajstić information content (AvgIpc) is 2.34. The van der Waals surface area contributed by atoms with Crippen LogP contribution in [-0.4, -0.2) is 10.7 Å². The quantitative estimate of drug-likeness (QED) is 0.827. The van der Waals surface area contributed by atoms with Crippen LogP contribution in [0.4, 0.5) is 0 Å². The third kappa shape index (κ3) is 3.44. The lowest BCUT2D eigenvalue weighted by atomic mass is 9.69. The standard InChI is InChI=1S/C19H30O/c1-14-6-7-15(2)19(20,12-14)13-16-8-10-17(11-9-16)18(3,4)5/h8-11,14-15,20H,6-7,12-13H2,1-5H3. The number of aliphatic hydroxyl groups is 1. The molecule has 1 heteroatoms. The molecule has 1 saturated carbocycles. The lowest BCUT2D eigenvalue weighted by Gasteiger charge is -2.41. The Bertz CT molecular complexity index is 440. The van der Waals surface area contributed by atoms with Crippen LogP contribution in [-0.2, 0) is 11.8 Å². The summed E-state index contributed by atoms with van der Waals surface area (Å²) in [5.41, 5.74) is 2.31. The first-order chi connectivity index (χ1) is 9.21. The molecule has 0 spiro atoms. The van der Waals surface area contributed by atoms with E-state index in [0.29, 0.717) is 11.8 Å².